The van der Waals surface area contributed by atoms with Gasteiger partial charge in [-0.15, -0.1) is 0 Å². The molecule has 2 atom stereocenters. The van der Waals surface area contributed by atoms with E-state index < -0.39 is 0 Å². The van der Waals surface area contributed by atoms with Crippen LogP contribution in [0.5, 0.6) is 0 Å². The molecular formula is C22H26ClN3O2. The number of halogens is 1. The highest BCUT2D eigenvalue weighted by Gasteiger charge is 2.27. The first-order chi connectivity index (χ1) is 13.5. The number of nitrogens with one attached hydrogen (secondary N) is 2. The van der Waals surface area contributed by atoms with E-state index >= 15 is 0 Å². The fraction of sp³-hybridized carbons (Fsp3) is 0.364. The molecule has 1 saturated heterocycles. The maximum absolute atomic E-state index is 12.5. The zero-order valence-electron chi connectivity index (χ0n) is 16.0. The molecule has 2 aromatic rings. The number of para-hydroxylation sites is 1. The van der Waals surface area contributed by atoms with E-state index in [0.29, 0.717) is 11.6 Å². The third-order valence-electron chi connectivity index (χ3n) is 5.03. The smallest absolute Gasteiger partial charge is 0.234 e. The van der Waals surface area contributed by atoms with Gasteiger partial charge < -0.3 is 10.6 Å². The van der Waals surface area contributed by atoms with Crippen LogP contribution in [-0.2, 0) is 9.59 Å². The first-order valence-corrected chi connectivity index (χ1v) is 10.0. The molecule has 0 unspecified atom stereocenters. The van der Waals surface area contributed by atoms with Crippen molar-refractivity contribution in [3.05, 3.63) is 65.2 Å². The number of carbonyl (C=O) groups is 2. The molecule has 0 bridgehead atoms. The molecule has 28 heavy (non-hydrogen) atoms. The van der Waals surface area contributed by atoms with Crippen LogP contribution in [0.3, 0.4) is 0 Å². The van der Waals surface area contributed by atoms with E-state index in [2.05, 4.69) is 10.6 Å². The number of piperidine rings is 1. The van der Waals surface area contributed by atoms with Gasteiger partial charge in [0.25, 0.3) is 0 Å². The summed E-state index contributed by atoms with van der Waals surface area (Å²) in [6.45, 7) is 3.62. The van der Waals surface area contributed by atoms with Crippen molar-refractivity contribution in [1.82, 2.24) is 10.2 Å². The topological polar surface area (TPSA) is 61.4 Å². The lowest BCUT2D eigenvalue weighted by atomic mass is 9.97. The van der Waals surface area contributed by atoms with Gasteiger partial charge in [0, 0.05) is 17.3 Å². The predicted octanol–water partition coefficient (Wildman–Crippen LogP) is 3.87. The van der Waals surface area contributed by atoms with Crippen molar-refractivity contribution >= 4 is 29.1 Å². The van der Waals surface area contributed by atoms with Gasteiger partial charge in [-0.05, 0) is 50.1 Å². The maximum atomic E-state index is 12.5. The molecule has 1 fully saturated rings. The second-order valence-corrected chi connectivity index (χ2v) is 7.65. The number of hydrogen-bond acceptors (Lipinski definition) is 3. The lowest BCUT2D eigenvalue weighted by molar-refractivity contribution is -0.126. The summed E-state index contributed by atoms with van der Waals surface area (Å²) < 4.78 is 0. The van der Waals surface area contributed by atoms with Crippen molar-refractivity contribution in [2.45, 2.75) is 25.8 Å². The summed E-state index contributed by atoms with van der Waals surface area (Å²) >= 11 is 6.21. The van der Waals surface area contributed by atoms with E-state index in [9.17, 15) is 9.59 Å². The zero-order chi connectivity index (χ0) is 19.9. The molecule has 6 heteroatoms. The number of rotatable bonds is 6. The van der Waals surface area contributed by atoms with Gasteiger partial charge in [-0.25, -0.2) is 0 Å². The summed E-state index contributed by atoms with van der Waals surface area (Å²) in [5, 5.41) is 6.61. The van der Waals surface area contributed by atoms with Crippen LogP contribution in [0.2, 0.25) is 5.02 Å². The number of anilines is 1. The molecule has 0 aliphatic carbocycles. The van der Waals surface area contributed by atoms with Crippen LogP contribution in [0.1, 0.15) is 31.4 Å². The third-order valence-corrected chi connectivity index (χ3v) is 5.38. The first-order valence-electron chi connectivity index (χ1n) is 9.65. The standard InChI is InChI=1S/C22H26ClN3O2/c1-16(19-11-5-6-12-20(19)23)24-21(27)15-26-13-7-8-17(14-26)22(28)25-18-9-3-2-4-10-18/h2-6,9-12,16-17H,7-8,13-15H2,1H3,(H,24,27)(H,25,28)/t16-,17+/m0/s1. The molecule has 148 valence electrons. The molecule has 2 N–H and O–H groups in total. The van der Waals surface area contributed by atoms with Crippen LogP contribution >= 0.6 is 11.6 Å². The van der Waals surface area contributed by atoms with Crippen molar-refractivity contribution in [3.8, 4) is 0 Å². The van der Waals surface area contributed by atoms with Gasteiger partial charge in [-0.3, -0.25) is 14.5 Å². The highest BCUT2D eigenvalue weighted by atomic mass is 35.5. The lowest BCUT2D eigenvalue weighted by Gasteiger charge is -2.31. The van der Waals surface area contributed by atoms with Gasteiger partial charge in [0.05, 0.1) is 18.5 Å². The van der Waals surface area contributed by atoms with Crippen molar-refractivity contribution in [2.75, 3.05) is 25.0 Å². The van der Waals surface area contributed by atoms with E-state index in [1.165, 1.54) is 0 Å². The summed E-state index contributed by atoms with van der Waals surface area (Å²) in [5.41, 5.74) is 1.70. The SMILES string of the molecule is C[C@H](NC(=O)CN1CCC[C@@H](C(=O)Nc2ccccc2)C1)c1ccccc1Cl. The zero-order valence-corrected chi connectivity index (χ0v) is 16.8. The predicted molar refractivity (Wildman–Crippen MR) is 112 cm³/mol. The van der Waals surface area contributed by atoms with Gasteiger partial charge in [-0.2, -0.15) is 0 Å². The van der Waals surface area contributed by atoms with Crippen molar-refractivity contribution < 1.29 is 9.59 Å². The summed E-state index contributed by atoms with van der Waals surface area (Å²) in [5.74, 6) is -0.153. The van der Waals surface area contributed by atoms with Crippen LogP contribution in [0.4, 0.5) is 5.69 Å². The Balaban J connectivity index is 1.51. The average molecular weight is 400 g/mol. The molecule has 2 aromatic carbocycles. The van der Waals surface area contributed by atoms with E-state index in [1.54, 1.807) is 0 Å². The van der Waals surface area contributed by atoms with E-state index in [-0.39, 0.29) is 30.3 Å². The normalized spacial score (nSPS) is 18.3. The second-order valence-electron chi connectivity index (χ2n) is 7.24. The lowest BCUT2D eigenvalue weighted by Crippen LogP contribution is -2.45. The quantitative estimate of drug-likeness (QED) is 0.775. The van der Waals surface area contributed by atoms with Gasteiger partial charge in [0.15, 0.2) is 0 Å². The van der Waals surface area contributed by atoms with Gasteiger partial charge in [0.1, 0.15) is 0 Å². The molecule has 2 amide bonds. The van der Waals surface area contributed by atoms with Crippen molar-refractivity contribution in [2.24, 2.45) is 5.92 Å². The fourth-order valence-electron chi connectivity index (χ4n) is 3.57. The molecular weight excluding hydrogens is 374 g/mol. The van der Waals surface area contributed by atoms with Crippen LogP contribution in [0, 0.1) is 5.92 Å². The van der Waals surface area contributed by atoms with Gasteiger partial charge >= 0.3 is 0 Å². The minimum Gasteiger partial charge on any atom is -0.348 e. The summed E-state index contributed by atoms with van der Waals surface area (Å²) in [6.07, 6.45) is 1.74. The molecule has 1 heterocycles. The van der Waals surface area contributed by atoms with Crippen molar-refractivity contribution in [3.63, 3.8) is 0 Å². The molecule has 1 aliphatic heterocycles. The molecule has 1 aliphatic rings. The Morgan fingerprint density at radius 2 is 1.86 bits per heavy atom. The maximum Gasteiger partial charge on any atom is 0.234 e. The Morgan fingerprint density at radius 1 is 1.14 bits per heavy atom. The largest absolute Gasteiger partial charge is 0.348 e. The molecule has 5 nitrogen and oxygen atoms in total. The van der Waals surface area contributed by atoms with Crippen LogP contribution in [0.25, 0.3) is 0 Å². The van der Waals surface area contributed by atoms with Crippen LogP contribution in [0.15, 0.2) is 54.6 Å². The van der Waals surface area contributed by atoms with Gasteiger partial charge in [0.2, 0.25) is 11.8 Å². The fourth-order valence-corrected chi connectivity index (χ4v) is 3.87. The Hall–Kier alpha value is -2.37. The molecule has 0 spiro atoms. The number of amides is 2. The molecule has 3 rings (SSSR count). The number of hydrogen-bond donors (Lipinski definition) is 2. The summed E-state index contributed by atoms with van der Waals surface area (Å²) in [6, 6.07) is 16.8. The number of carbonyl (C=O) groups excluding carboxylic acids is 2. The van der Waals surface area contributed by atoms with E-state index in [0.717, 1.165) is 30.6 Å². The first kappa shape index (κ1) is 20.4. The monoisotopic (exact) mass is 399 g/mol. The average Bonchev–Trinajstić information content (AvgIpc) is 2.69. The Bertz CT molecular complexity index is 812. The molecule has 0 aromatic heterocycles. The summed E-state index contributed by atoms with van der Waals surface area (Å²) in [4.78, 5) is 27.1. The number of likely N-dealkylation sites (tertiary alicyclic amines) is 1. The highest BCUT2D eigenvalue weighted by Crippen LogP contribution is 2.22. The molecule has 0 saturated carbocycles. The van der Waals surface area contributed by atoms with Gasteiger partial charge in [-0.1, -0.05) is 48.0 Å². The Kier molecular flexibility index (Phi) is 7.06. The second kappa shape index (κ2) is 9.71. The Labute approximate surface area is 171 Å². The third kappa shape index (κ3) is 5.57. The summed E-state index contributed by atoms with van der Waals surface area (Å²) in [7, 11) is 0. The number of benzene rings is 2. The van der Waals surface area contributed by atoms with Crippen LogP contribution in [-0.4, -0.2) is 36.3 Å². The minimum atomic E-state index is -0.164. The number of nitrogens with zero attached hydrogens (tertiary/aromatic N) is 1. The molecule has 0 radical (unpaired) electrons. The van der Waals surface area contributed by atoms with E-state index in [4.69, 9.17) is 11.6 Å². The van der Waals surface area contributed by atoms with Crippen LogP contribution < -0.4 is 10.6 Å². The van der Waals surface area contributed by atoms with Crippen molar-refractivity contribution in [1.29, 1.82) is 0 Å². The highest BCUT2D eigenvalue weighted by molar-refractivity contribution is 6.31. The van der Waals surface area contributed by atoms with E-state index in [1.807, 2.05) is 66.4 Å². The minimum absolute atomic E-state index is 0.0146. The Morgan fingerprint density at radius 3 is 2.61 bits per heavy atom.